The van der Waals surface area contributed by atoms with E-state index in [0.29, 0.717) is 48.2 Å². The van der Waals surface area contributed by atoms with Gasteiger partial charge in [-0.3, -0.25) is 19.5 Å². The van der Waals surface area contributed by atoms with E-state index in [9.17, 15) is 28.0 Å². The van der Waals surface area contributed by atoms with Crippen LogP contribution in [0.25, 0.3) is 0 Å². The second-order valence-electron chi connectivity index (χ2n) is 15.5. The van der Waals surface area contributed by atoms with Crippen LogP contribution in [0, 0.1) is 23.2 Å². The molecule has 2 fully saturated rings. The number of anilines is 2. The van der Waals surface area contributed by atoms with Crippen molar-refractivity contribution in [3.8, 4) is 6.07 Å². The van der Waals surface area contributed by atoms with Crippen molar-refractivity contribution < 1.29 is 27.5 Å². The fourth-order valence-electron chi connectivity index (χ4n) is 7.91. The number of amides is 2. The van der Waals surface area contributed by atoms with Crippen LogP contribution in [0.5, 0.6) is 0 Å². The number of ether oxygens (including phenoxy) is 1. The summed E-state index contributed by atoms with van der Waals surface area (Å²) in [7, 11) is 1.84. The summed E-state index contributed by atoms with van der Waals surface area (Å²) in [4.78, 5) is 37.3. The van der Waals surface area contributed by atoms with E-state index in [1.54, 1.807) is 45.3 Å². The molecule has 1 atom stereocenters. The van der Waals surface area contributed by atoms with Crippen molar-refractivity contribution in [2.45, 2.75) is 97.0 Å². The maximum atomic E-state index is 14.7. The van der Waals surface area contributed by atoms with Crippen LogP contribution < -0.4 is 9.80 Å². The van der Waals surface area contributed by atoms with E-state index < -0.39 is 34.8 Å². The van der Waals surface area contributed by atoms with Crippen LogP contribution in [0.1, 0.15) is 105 Å². The van der Waals surface area contributed by atoms with Gasteiger partial charge in [-0.05, 0) is 106 Å². The van der Waals surface area contributed by atoms with Crippen molar-refractivity contribution in [2.75, 3.05) is 29.4 Å². The van der Waals surface area contributed by atoms with Gasteiger partial charge in [0.05, 0.1) is 30.0 Å². The predicted molar refractivity (Wildman–Crippen MR) is 184 cm³/mol. The van der Waals surface area contributed by atoms with Crippen LogP contribution in [-0.2, 0) is 36.5 Å². The number of benzene rings is 1. The summed E-state index contributed by atoms with van der Waals surface area (Å²) in [6, 6.07) is 8.28. The van der Waals surface area contributed by atoms with Crippen molar-refractivity contribution in [1.29, 1.82) is 5.26 Å². The Labute approximate surface area is 296 Å². The first-order chi connectivity index (χ1) is 24.0. The Kier molecular flexibility index (Phi) is 9.65. The quantitative estimate of drug-likeness (QED) is 0.246. The molecule has 0 unspecified atom stereocenters. The topological polar surface area (TPSA) is 120 Å². The molecule has 1 aliphatic carbocycles. The molecule has 6 rings (SSSR count). The van der Waals surface area contributed by atoms with E-state index >= 15 is 0 Å². The zero-order valence-corrected chi connectivity index (χ0v) is 30.0. The lowest BCUT2D eigenvalue weighted by Crippen LogP contribution is -2.44. The minimum Gasteiger partial charge on any atom is -0.443 e. The van der Waals surface area contributed by atoms with E-state index in [-0.39, 0.29) is 42.3 Å². The standard InChI is InChI=1S/C37H45F3N8O3/c1-23-9-7-11-46(19-23)20-25-13-27-28(29(14-25)37(38,39)40)21-48(32(27)49)31-16-26(36(17-24(2)18-36)33-44-42-22-45(33)6)15-30(43-31)47(12-8-10-41)34(50)51-35(3,4)5/h13-16,22-24H,7-9,11-12,17-21H2,1-6H3/t23-,24-,36+/m0/s1. The number of nitrogens with zero attached hydrogens (tertiary/aromatic N) is 8. The molecule has 11 nitrogen and oxygen atoms in total. The second kappa shape index (κ2) is 13.6. The number of carbonyl (C=O) groups is 2. The van der Waals surface area contributed by atoms with E-state index in [1.807, 2.05) is 11.6 Å². The number of piperidine rings is 1. The summed E-state index contributed by atoms with van der Waals surface area (Å²) in [5, 5.41) is 18.0. The van der Waals surface area contributed by atoms with E-state index in [2.05, 4.69) is 35.0 Å². The molecule has 2 aliphatic heterocycles. The molecule has 3 aliphatic rings. The largest absolute Gasteiger partial charge is 0.443 e. The molecule has 0 radical (unpaired) electrons. The molecular formula is C37H45F3N8O3. The first kappa shape index (κ1) is 36.3. The number of rotatable bonds is 8. The number of aromatic nitrogens is 4. The van der Waals surface area contributed by atoms with Gasteiger partial charge in [0, 0.05) is 32.2 Å². The van der Waals surface area contributed by atoms with Gasteiger partial charge in [0.1, 0.15) is 29.4 Å². The number of hydrogen-bond donors (Lipinski definition) is 0. The zero-order chi connectivity index (χ0) is 36.9. The summed E-state index contributed by atoms with van der Waals surface area (Å²) < 4.78 is 51.6. The molecule has 2 aromatic heterocycles. The zero-order valence-electron chi connectivity index (χ0n) is 30.0. The summed E-state index contributed by atoms with van der Waals surface area (Å²) in [6.07, 6.45) is -0.454. The molecule has 51 heavy (non-hydrogen) atoms. The molecule has 14 heteroatoms. The Morgan fingerprint density at radius 3 is 2.49 bits per heavy atom. The van der Waals surface area contributed by atoms with Gasteiger partial charge in [-0.2, -0.15) is 18.4 Å². The molecule has 2 amide bonds. The maximum absolute atomic E-state index is 14.7. The molecule has 0 N–H and O–H groups in total. The third kappa shape index (κ3) is 7.31. The van der Waals surface area contributed by atoms with Crippen molar-refractivity contribution in [3.63, 3.8) is 0 Å². The number of nitriles is 1. The van der Waals surface area contributed by atoms with Gasteiger partial charge in [-0.1, -0.05) is 13.8 Å². The number of likely N-dealkylation sites (tertiary alicyclic amines) is 1. The molecular weight excluding hydrogens is 661 g/mol. The number of carbonyl (C=O) groups excluding carboxylic acids is 2. The fourth-order valence-corrected chi connectivity index (χ4v) is 7.91. The first-order valence-corrected chi connectivity index (χ1v) is 17.5. The first-order valence-electron chi connectivity index (χ1n) is 17.5. The van der Waals surface area contributed by atoms with Crippen molar-refractivity contribution in [2.24, 2.45) is 18.9 Å². The van der Waals surface area contributed by atoms with Crippen LogP contribution in [-0.4, -0.2) is 61.9 Å². The van der Waals surface area contributed by atoms with Gasteiger partial charge in [0.15, 0.2) is 0 Å². The van der Waals surface area contributed by atoms with Crippen LogP contribution in [0.3, 0.4) is 0 Å². The van der Waals surface area contributed by atoms with Crippen LogP contribution in [0.2, 0.25) is 0 Å². The van der Waals surface area contributed by atoms with E-state index in [1.165, 1.54) is 15.9 Å². The highest BCUT2D eigenvalue weighted by molar-refractivity contribution is 6.10. The second-order valence-corrected chi connectivity index (χ2v) is 15.5. The van der Waals surface area contributed by atoms with Crippen LogP contribution >= 0.6 is 0 Å². The molecule has 1 saturated heterocycles. The summed E-state index contributed by atoms with van der Waals surface area (Å²) in [6.45, 7) is 10.9. The lowest BCUT2D eigenvalue weighted by Gasteiger charge is -2.46. The molecule has 0 spiro atoms. The Morgan fingerprint density at radius 1 is 1.14 bits per heavy atom. The van der Waals surface area contributed by atoms with Crippen LogP contribution in [0.4, 0.5) is 29.6 Å². The summed E-state index contributed by atoms with van der Waals surface area (Å²) in [5.41, 5.74) is -1.36. The minimum absolute atomic E-state index is 0.00704. The number of halogens is 3. The lowest BCUT2D eigenvalue weighted by atomic mass is 9.58. The SMILES string of the molecule is C[C@H]1CCCN(Cc2cc3c(c(C(F)(F)F)c2)CN(c2cc([C@]4(c5nncn5C)C[C@@H](C)C4)cc(N(CCC#N)C(=O)OC(C)(C)C)n2)C3=O)C1. The van der Waals surface area contributed by atoms with Gasteiger partial charge >= 0.3 is 12.3 Å². The molecule has 272 valence electrons. The summed E-state index contributed by atoms with van der Waals surface area (Å²) >= 11 is 0. The monoisotopic (exact) mass is 706 g/mol. The smallest absolute Gasteiger partial charge is 0.416 e. The van der Waals surface area contributed by atoms with Crippen molar-refractivity contribution in [1.82, 2.24) is 24.6 Å². The number of alkyl halides is 3. The normalized spacial score (nSPS) is 22.4. The average molecular weight is 707 g/mol. The van der Waals surface area contributed by atoms with Crippen LogP contribution in [0.15, 0.2) is 30.6 Å². The highest BCUT2D eigenvalue weighted by Gasteiger charge is 2.49. The Hall–Kier alpha value is -4.51. The van der Waals surface area contributed by atoms with E-state index in [4.69, 9.17) is 9.72 Å². The fraction of sp³-hybridized carbons (Fsp3) is 0.568. The highest BCUT2D eigenvalue weighted by Crippen LogP contribution is 2.53. The number of pyridine rings is 1. The van der Waals surface area contributed by atoms with Gasteiger partial charge in [-0.25, -0.2) is 9.78 Å². The van der Waals surface area contributed by atoms with Gasteiger partial charge in [-0.15, -0.1) is 10.2 Å². The van der Waals surface area contributed by atoms with Crippen molar-refractivity contribution >= 4 is 23.6 Å². The van der Waals surface area contributed by atoms with Crippen molar-refractivity contribution in [3.05, 3.63) is 64.2 Å². The number of hydrogen-bond acceptors (Lipinski definition) is 8. The molecule has 1 aromatic carbocycles. The Morgan fingerprint density at radius 2 is 1.88 bits per heavy atom. The third-order valence-electron chi connectivity index (χ3n) is 10.1. The van der Waals surface area contributed by atoms with Gasteiger partial charge in [0.25, 0.3) is 5.91 Å². The number of fused-ring (bicyclic) bond motifs is 1. The minimum atomic E-state index is -4.69. The molecule has 0 bridgehead atoms. The molecule has 4 heterocycles. The highest BCUT2D eigenvalue weighted by atomic mass is 19.4. The average Bonchev–Trinajstić information content (AvgIpc) is 3.60. The van der Waals surface area contributed by atoms with Gasteiger partial charge < -0.3 is 9.30 Å². The Balaban J connectivity index is 1.47. The van der Waals surface area contributed by atoms with Gasteiger partial charge in [0.2, 0.25) is 0 Å². The molecule has 1 saturated carbocycles. The lowest BCUT2D eigenvalue weighted by molar-refractivity contribution is -0.138. The third-order valence-corrected chi connectivity index (χ3v) is 10.1. The van der Waals surface area contributed by atoms with E-state index in [0.717, 1.165) is 25.9 Å². The number of aryl methyl sites for hydroxylation is 1. The predicted octanol–water partition coefficient (Wildman–Crippen LogP) is 6.99. The maximum Gasteiger partial charge on any atom is 0.416 e. The molecule has 3 aromatic rings. The summed E-state index contributed by atoms with van der Waals surface area (Å²) in [5.74, 6) is 1.04. The Bertz CT molecular complexity index is 1850.